The monoisotopic (exact) mass is 298 g/mol. The van der Waals surface area contributed by atoms with Crippen LogP contribution in [0.2, 0.25) is 0 Å². The van der Waals surface area contributed by atoms with Gasteiger partial charge in [0.25, 0.3) is 10.0 Å². The first-order valence-corrected chi connectivity index (χ1v) is 8.43. The van der Waals surface area contributed by atoms with E-state index in [0.717, 1.165) is 32.5 Å². The van der Waals surface area contributed by atoms with Crippen molar-refractivity contribution in [3.05, 3.63) is 18.3 Å². The molecule has 112 valence electrons. The van der Waals surface area contributed by atoms with Gasteiger partial charge in [-0.25, -0.2) is 18.1 Å². The minimum atomic E-state index is -3.61. The molecule has 20 heavy (non-hydrogen) atoms. The molecule has 1 aliphatic heterocycles. The number of sulfonamides is 1. The summed E-state index contributed by atoms with van der Waals surface area (Å²) < 4.78 is 26.9. The molecule has 0 bridgehead atoms. The number of nitrogens with one attached hydrogen (secondary N) is 1. The topological polar surface area (TPSA) is 88.3 Å². The van der Waals surface area contributed by atoms with E-state index in [9.17, 15) is 8.42 Å². The van der Waals surface area contributed by atoms with Crippen molar-refractivity contribution >= 4 is 15.7 Å². The van der Waals surface area contributed by atoms with Gasteiger partial charge in [0, 0.05) is 12.7 Å². The molecule has 2 heterocycles. The first kappa shape index (κ1) is 15.2. The van der Waals surface area contributed by atoms with Gasteiger partial charge in [-0.05, 0) is 50.5 Å². The van der Waals surface area contributed by atoms with Crippen LogP contribution < -0.4 is 10.5 Å². The lowest BCUT2D eigenvalue weighted by Gasteiger charge is -2.30. The molecule has 1 aliphatic rings. The molecule has 3 N–H and O–H groups in total. The summed E-state index contributed by atoms with van der Waals surface area (Å²) in [4.78, 5) is 6.23. The van der Waals surface area contributed by atoms with Gasteiger partial charge in [0.05, 0.1) is 5.69 Å². The summed E-state index contributed by atoms with van der Waals surface area (Å²) in [5, 5.41) is -0.0778. The van der Waals surface area contributed by atoms with E-state index in [2.05, 4.69) is 21.5 Å². The Kier molecular flexibility index (Phi) is 4.95. The highest BCUT2D eigenvalue weighted by Gasteiger charge is 2.23. The third-order valence-corrected chi connectivity index (χ3v) is 5.17. The molecule has 7 heteroatoms. The Balaban J connectivity index is 1.92. The third-order valence-electron chi connectivity index (χ3n) is 3.77. The number of rotatable bonds is 5. The molecule has 1 fully saturated rings. The molecule has 0 unspecified atom stereocenters. The number of nitrogen functional groups attached to an aromatic ring is 1. The number of hydrogen-bond acceptors (Lipinski definition) is 5. The lowest BCUT2D eigenvalue weighted by molar-refractivity contribution is 0.193. The maximum atomic E-state index is 12.2. The van der Waals surface area contributed by atoms with Gasteiger partial charge in [0.1, 0.15) is 0 Å². The fraction of sp³-hybridized carbons (Fsp3) is 0.615. The van der Waals surface area contributed by atoms with Gasteiger partial charge in [-0.3, -0.25) is 0 Å². The Bertz CT molecular complexity index is 539. The molecule has 0 saturated carbocycles. The molecule has 2 rings (SSSR count). The normalized spacial score (nSPS) is 18.2. The van der Waals surface area contributed by atoms with Crippen molar-refractivity contribution in [3.63, 3.8) is 0 Å². The van der Waals surface area contributed by atoms with Gasteiger partial charge < -0.3 is 10.6 Å². The molecule has 0 spiro atoms. The van der Waals surface area contributed by atoms with Crippen LogP contribution in [0.3, 0.4) is 0 Å². The Labute approximate surface area is 120 Å². The molecule has 6 nitrogen and oxygen atoms in total. The van der Waals surface area contributed by atoms with E-state index in [1.165, 1.54) is 6.20 Å². The SMILES string of the molecule is CCN1CCC(CNS(=O)(=O)c2ncccc2N)CC1. The second kappa shape index (κ2) is 6.51. The van der Waals surface area contributed by atoms with E-state index in [1.807, 2.05) is 0 Å². The average Bonchev–Trinajstić information content (AvgIpc) is 2.46. The molecule has 0 aliphatic carbocycles. The van der Waals surface area contributed by atoms with Crippen molar-refractivity contribution in [2.75, 3.05) is 31.9 Å². The Morgan fingerprint density at radius 1 is 1.45 bits per heavy atom. The zero-order valence-corrected chi connectivity index (χ0v) is 12.6. The standard InChI is InChI=1S/C13H22N4O2S/c1-2-17-8-5-11(6-9-17)10-16-20(18,19)13-12(14)4-3-7-15-13/h3-4,7,11,16H,2,5-6,8-10,14H2,1H3. The summed E-state index contributed by atoms with van der Waals surface area (Å²) in [7, 11) is -3.61. The zero-order valence-electron chi connectivity index (χ0n) is 11.7. The Morgan fingerprint density at radius 3 is 2.75 bits per heavy atom. The first-order valence-electron chi connectivity index (χ1n) is 6.95. The summed E-state index contributed by atoms with van der Waals surface area (Å²) in [5.74, 6) is 0.387. The zero-order chi connectivity index (χ0) is 14.6. The Hall–Kier alpha value is -1.18. The molecule has 0 aromatic carbocycles. The quantitative estimate of drug-likeness (QED) is 0.834. The summed E-state index contributed by atoms with van der Waals surface area (Å²) in [5.41, 5.74) is 5.84. The predicted molar refractivity (Wildman–Crippen MR) is 78.7 cm³/mol. The van der Waals surface area contributed by atoms with Gasteiger partial charge in [0.2, 0.25) is 0 Å². The van der Waals surface area contributed by atoms with Crippen molar-refractivity contribution in [3.8, 4) is 0 Å². The molecule has 1 aromatic heterocycles. The molecule has 0 radical (unpaired) electrons. The lowest BCUT2D eigenvalue weighted by atomic mass is 9.97. The van der Waals surface area contributed by atoms with E-state index in [4.69, 9.17) is 5.73 Å². The number of hydrogen-bond donors (Lipinski definition) is 2. The number of pyridine rings is 1. The molecule has 1 saturated heterocycles. The van der Waals surface area contributed by atoms with Crippen LogP contribution in [-0.4, -0.2) is 44.5 Å². The molecular weight excluding hydrogens is 276 g/mol. The molecular formula is C13H22N4O2S. The van der Waals surface area contributed by atoms with Crippen molar-refractivity contribution in [2.24, 2.45) is 5.92 Å². The summed E-state index contributed by atoms with van der Waals surface area (Å²) in [6.45, 7) is 5.73. The van der Waals surface area contributed by atoms with Crippen LogP contribution in [0.25, 0.3) is 0 Å². The summed E-state index contributed by atoms with van der Waals surface area (Å²) in [6, 6.07) is 3.16. The fourth-order valence-corrected chi connectivity index (χ4v) is 3.60. The summed E-state index contributed by atoms with van der Waals surface area (Å²) >= 11 is 0. The number of nitrogens with zero attached hydrogens (tertiary/aromatic N) is 2. The average molecular weight is 298 g/mol. The van der Waals surface area contributed by atoms with Crippen LogP contribution in [0, 0.1) is 5.92 Å². The number of nitrogens with two attached hydrogens (primary N) is 1. The third kappa shape index (κ3) is 3.68. The van der Waals surface area contributed by atoms with E-state index < -0.39 is 10.0 Å². The van der Waals surface area contributed by atoms with Gasteiger partial charge >= 0.3 is 0 Å². The fourth-order valence-electron chi connectivity index (χ4n) is 2.43. The predicted octanol–water partition coefficient (Wildman–Crippen LogP) is 0.674. The van der Waals surface area contributed by atoms with E-state index in [0.29, 0.717) is 12.5 Å². The second-order valence-corrected chi connectivity index (χ2v) is 6.81. The van der Waals surface area contributed by atoms with Gasteiger partial charge in [-0.15, -0.1) is 0 Å². The van der Waals surface area contributed by atoms with Gasteiger partial charge in [-0.1, -0.05) is 6.92 Å². The van der Waals surface area contributed by atoms with E-state index in [-0.39, 0.29) is 10.7 Å². The van der Waals surface area contributed by atoms with Crippen molar-refractivity contribution in [1.29, 1.82) is 0 Å². The van der Waals surface area contributed by atoms with Crippen LogP contribution in [0.4, 0.5) is 5.69 Å². The highest BCUT2D eigenvalue weighted by atomic mass is 32.2. The van der Waals surface area contributed by atoms with E-state index in [1.54, 1.807) is 12.1 Å². The molecule has 0 amide bonds. The van der Waals surface area contributed by atoms with Crippen LogP contribution in [0.1, 0.15) is 19.8 Å². The van der Waals surface area contributed by atoms with Crippen molar-refractivity contribution in [1.82, 2.24) is 14.6 Å². The second-order valence-electron chi connectivity index (χ2n) is 5.13. The number of anilines is 1. The Morgan fingerprint density at radius 2 is 2.15 bits per heavy atom. The van der Waals surface area contributed by atoms with Gasteiger partial charge in [-0.2, -0.15) is 0 Å². The maximum absolute atomic E-state index is 12.2. The van der Waals surface area contributed by atoms with Crippen LogP contribution in [0.5, 0.6) is 0 Å². The number of likely N-dealkylation sites (tertiary alicyclic amines) is 1. The largest absolute Gasteiger partial charge is 0.396 e. The maximum Gasteiger partial charge on any atom is 0.260 e. The molecule has 1 aromatic rings. The first-order chi connectivity index (χ1) is 9.53. The van der Waals surface area contributed by atoms with Crippen molar-refractivity contribution < 1.29 is 8.42 Å². The number of piperidine rings is 1. The minimum Gasteiger partial charge on any atom is -0.396 e. The van der Waals surface area contributed by atoms with Crippen LogP contribution in [0.15, 0.2) is 23.4 Å². The smallest absolute Gasteiger partial charge is 0.260 e. The highest BCUT2D eigenvalue weighted by Crippen LogP contribution is 2.18. The van der Waals surface area contributed by atoms with Gasteiger partial charge in [0.15, 0.2) is 5.03 Å². The van der Waals surface area contributed by atoms with Crippen LogP contribution >= 0.6 is 0 Å². The molecule has 0 atom stereocenters. The van der Waals surface area contributed by atoms with Crippen LogP contribution in [-0.2, 0) is 10.0 Å². The van der Waals surface area contributed by atoms with E-state index >= 15 is 0 Å². The minimum absolute atomic E-state index is 0.0778. The summed E-state index contributed by atoms with van der Waals surface area (Å²) in [6.07, 6.45) is 3.48. The highest BCUT2D eigenvalue weighted by molar-refractivity contribution is 7.89. The number of aromatic nitrogens is 1. The lowest BCUT2D eigenvalue weighted by Crippen LogP contribution is -2.38. The van der Waals surface area contributed by atoms with Crippen molar-refractivity contribution in [2.45, 2.75) is 24.8 Å².